The van der Waals surface area contributed by atoms with E-state index in [1.165, 1.54) is 42.4 Å². The van der Waals surface area contributed by atoms with Crippen LogP contribution in [0.2, 0.25) is 0 Å². The molecule has 0 saturated heterocycles. The largest absolute Gasteiger partial charge is 0.330 e. The molecule has 9 rings (SSSR count). The van der Waals surface area contributed by atoms with Crippen molar-refractivity contribution < 1.29 is 0 Å². The first-order valence-electron chi connectivity index (χ1n) is 11.8. The molecule has 0 aliphatic heterocycles. The lowest BCUT2D eigenvalue weighted by Gasteiger charge is -2.83. The lowest BCUT2D eigenvalue weighted by molar-refractivity contribution is -0.363. The number of hydrogen-bond acceptors (Lipinski definition) is 1. The third-order valence-corrected chi connectivity index (χ3v) is 12.4. The lowest BCUT2D eigenvalue weighted by atomic mass is 9.21. The smallest absolute Gasteiger partial charge is 0.00771 e. The molecule has 0 heterocycles. The summed E-state index contributed by atoms with van der Waals surface area (Å²) >= 11 is 0. The third kappa shape index (κ3) is 1.05. The molecule has 3 spiro atoms. The van der Waals surface area contributed by atoms with Gasteiger partial charge < -0.3 is 5.73 Å². The molecule has 1 nitrogen and oxygen atoms in total. The van der Waals surface area contributed by atoms with Crippen molar-refractivity contribution in [1.82, 2.24) is 0 Å². The maximum Gasteiger partial charge on any atom is -0.00771 e. The Morgan fingerprint density at radius 1 is 1.00 bits per heavy atom. The molecule has 1 heteroatoms. The van der Waals surface area contributed by atoms with Crippen molar-refractivity contribution >= 4 is 0 Å². The van der Waals surface area contributed by atoms with Crippen molar-refractivity contribution in [2.24, 2.45) is 74.7 Å². The maximum atomic E-state index is 5.90. The summed E-state index contributed by atoms with van der Waals surface area (Å²) in [4.78, 5) is 0. The highest BCUT2D eigenvalue weighted by molar-refractivity contribution is 5.57. The average Bonchev–Trinajstić information content (AvgIpc) is 2.93. The van der Waals surface area contributed by atoms with E-state index in [2.05, 4.69) is 6.92 Å². The van der Waals surface area contributed by atoms with Crippen LogP contribution in [0.15, 0.2) is 0 Å². The Labute approximate surface area is 152 Å². The Balaban J connectivity index is 1.12. The van der Waals surface area contributed by atoms with Crippen LogP contribution in [0.5, 0.6) is 0 Å². The quantitative estimate of drug-likeness (QED) is 0.736. The van der Waals surface area contributed by atoms with Crippen molar-refractivity contribution in [3.05, 3.63) is 0 Å². The summed E-state index contributed by atoms with van der Waals surface area (Å²) in [5.41, 5.74) is 9.49. The van der Waals surface area contributed by atoms with E-state index in [4.69, 9.17) is 5.73 Å². The van der Waals surface area contributed by atoms with Gasteiger partial charge in [0.05, 0.1) is 0 Å². The first-order valence-corrected chi connectivity index (χ1v) is 11.8. The Hall–Kier alpha value is -0.0400. The zero-order valence-electron chi connectivity index (χ0n) is 16.0. The van der Waals surface area contributed by atoms with E-state index >= 15 is 0 Å². The molecule has 0 radical (unpaired) electrons. The Kier molecular flexibility index (Phi) is 2.04. The SMILES string of the molecule is CC1CC(CCC2C3C4C5C26CC2CC7(CCCN)CC3(C7)C45C26)C1. The van der Waals surface area contributed by atoms with Crippen molar-refractivity contribution in [3.63, 3.8) is 0 Å². The molecule has 2 N–H and O–H groups in total. The van der Waals surface area contributed by atoms with Crippen molar-refractivity contribution in [2.45, 2.75) is 71.1 Å². The van der Waals surface area contributed by atoms with Gasteiger partial charge in [-0.25, -0.2) is 0 Å². The highest BCUT2D eigenvalue weighted by Crippen LogP contribution is 3.14. The summed E-state index contributed by atoms with van der Waals surface area (Å²) in [6, 6.07) is 0. The molecule has 8 unspecified atom stereocenters. The first kappa shape index (κ1) is 14.0. The van der Waals surface area contributed by atoms with Crippen LogP contribution in [-0.2, 0) is 0 Å². The third-order valence-electron chi connectivity index (χ3n) is 12.4. The van der Waals surface area contributed by atoms with Crippen LogP contribution in [-0.4, -0.2) is 6.54 Å². The van der Waals surface area contributed by atoms with Crippen LogP contribution in [0.3, 0.4) is 0 Å². The van der Waals surface area contributed by atoms with Crippen molar-refractivity contribution in [3.8, 4) is 0 Å². The molecule has 9 fully saturated rings. The second kappa shape index (κ2) is 3.63. The van der Waals surface area contributed by atoms with Gasteiger partial charge in [0.2, 0.25) is 0 Å². The summed E-state index contributed by atoms with van der Waals surface area (Å²) < 4.78 is 0. The van der Waals surface area contributed by atoms with Crippen molar-refractivity contribution in [1.29, 1.82) is 0 Å². The number of hydrogen-bond donors (Lipinski definition) is 1. The molecule has 8 atom stereocenters. The predicted octanol–water partition coefficient (Wildman–Crippen LogP) is 4.85. The molecule has 136 valence electrons. The molecule has 0 amide bonds. The van der Waals surface area contributed by atoms with Crippen LogP contribution in [0.1, 0.15) is 71.1 Å². The van der Waals surface area contributed by atoms with E-state index in [9.17, 15) is 0 Å². The Morgan fingerprint density at radius 3 is 2.60 bits per heavy atom. The lowest BCUT2D eigenvalue weighted by Crippen LogP contribution is -2.79. The highest BCUT2D eigenvalue weighted by Gasteiger charge is 3.10. The normalized spacial score (nSPS) is 73.7. The molecule has 0 aromatic rings. The van der Waals surface area contributed by atoms with Crippen molar-refractivity contribution in [2.75, 3.05) is 6.54 Å². The fourth-order valence-electron chi connectivity index (χ4n) is 12.9. The van der Waals surface area contributed by atoms with E-state index in [0.717, 1.165) is 46.0 Å². The van der Waals surface area contributed by atoms with E-state index in [0.29, 0.717) is 0 Å². The molecular formula is C24H35N. The van der Waals surface area contributed by atoms with Crippen LogP contribution < -0.4 is 5.73 Å². The van der Waals surface area contributed by atoms with Gasteiger partial charge in [0.1, 0.15) is 0 Å². The van der Waals surface area contributed by atoms with Gasteiger partial charge in [0.15, 0.2) is 0 Å². The van der Waals surface area contributed by atoms with E-state index in [-0.39, 0.29) is 0 Å². The van der Waals surface area contributed by atoms with E-state index < -0.39 is 0 Å². The second-order valence-electron chi connectivity index (χ2n) is 12.7. The molecule has 9 aliphatic carbocycles. The summed E-state index contributed by atoms with van der Waals surface area (Å²) in [5.74, 6) is 9.51. The van der Waals surface area contributed by atoms with Gasteiger partial charge in [0.25, 0.3) is 0 Å². The molecule has 2 bridgehead atoms. The summed E-state index contributed by atoms with van der Waals surface area (Å²) in [6.45, 7) is 3.39. The first-order chi connectivity index (χ1) is 12.1. The molecule has 0 aromatic carbocycles. The van der Waals surface area contributed by atoms with Crippen LogP contribution >= 0.6 is 0 Å². The number of nitrogens with two attached hydrogens (primary N) is 1. The number of rotatable bonds is 6. The van der Waals surface area contributed by atoms with Crippen LogP contribution in [0, 0.1) is 69.0 Å². The maximum absolute atomic E-state index is 5.90. The monoisotopic (exact) mass is 337 g/mol. The van der Waals surface area contributed by atoms with E-state index in [1.807, 2.05) is 0 Å². The Morgan fingerprint density at radius 2 is 1.84 bits per heavy atom. The summed E-state index contributed by atoms with van der Waals surface area (Å²) in [6.07, 6.45) is 15.8. The van der Waals surface area contributed by atoms with E-state index in [1.54, 1.807) is 51.4 Å². The van der Waals surface area contributed by atoms with Gasteiger partial charge in [0, 0.05) is 0 Å². The molecule has 9 saturated carbocycles. The average molecular weight is 338 g/mol. The van der Waals surface area contributed by atoms with Gasteiger partial charge in [-0.3, -0.25) is 0 Å². The molecular weight excluding hydrogens is 302 g/mol. The molecule has 25 heavy (non-hydrogen) atoms. The molecule has 9 aliphatic rings. The predicted molar refractivity (Wildman–Crippen MR) is 98.6 cm³/mol. The fourth-order valence-corrected chi connectivity index (χ4v) is 12.9. The highest BCUT2D eigenvalue weighted by atomic mass is 15.1. The van der Waals surface area contributed by atoms with Gasteiger partial charge in [-0.15, -0.1) is 0 Å². The standard InChI is InChI=1S/C24H35N/c1-13-7-14(8-13)3-4-16-17-18-20-23(16)10-15-9-21(5-2-6-25)11-22(17,12-21)24(18,20)19(15)23/h13-20H,2-12,25H2,1H3. The summed E-state index contributed by atoms with van der Waals surface area (Å²) in [7, 11) is 0. The minimum atomic E-state index is 0.775. The molecule has 0 aromatic heterocycles. The van der Waals surface area contributed by atoms with Crippen LogP contribution in [0.4, 0.5) is 0 Å². The minimum absolute atomic E-state index is 0.775. The summed E-state index contributed by atoms with van der Waals surface area (Å²) in [5, 5.41) is 0. The zero-order valence-corrected chi connectivity index (χ0v) is 16.0. The fraction of sp³-hybridized carbons (Fsp3) is 1.00. The minimum Gasteiger partial charge on any atom is -0.330 e. The van der Waals surface area contributed by atoms with Gasteiger partial charge in [-0.05, 0) is 133 Å². The van der Waals surface area contributed by atoms with Gasteiger partial charge in [-0.1, -0.05) is 13.3 Å². The zero-order chi connectivity index (χ0) is 16.4. The second-order valence-corrected chi connectivity index (χ2v) is 12.7. The van der Waals surface area contributed by atoms with Crippen LogP contribution in [0.25, 0.3) is 0 Å². The topological polar surface area (TPSA) is 26.0 Å². The van der Waals surface area contributed by atoms with Gasteiger partial charge >= 0.3 is 0 Å². The Bertz CT molecular complexity index is 684. The van der Waals surface area contributed by atoms with Gasteiger partial charge in [-0.2, -0.15) is 0 Å².